The zero-order valence-corrected chi connectivity index (χ0v) is 19.5. The zero-order valence-electron chi connectivity index (χ0n) is 18.0. The van der Waals surface area contributed by atoms with E-state index in [1.807, 2.05) is 46.0 Å². The van der Waals surface area contributed by atoms with Gasteiger partial charge in [-0.05, 0) is 31.4 Å². The Balaban J connectivity index is 0.000000757. The molecule has 3 aromatic rings. The SMILES string of the molecule is CC.CC.CC(Cl)(Cl)c1nc(C2(c3ccc(-c4cnc(N)nc4)nc3)CCC2)no1. The van der Waals surface area contributed by atoms with Crippen molar-refractivity contribution in [2.45, 2.75) is 63.6 Å². The Labute approximate surface area is 187 Å². The molecule has 1 saturated carbocycles. The molecular formula is C21H28Cl2N6O. The first kappa shape index (κ1) is 24.0. The van der Waals surface area contributed by atoms with E-state index in [1.165, 1.54) is 0 Å². The molecule has 30 heavy (non-hydrogen) atoms. The molecule has 0 unspecified atom stereocenters. The summed E-state index contributed by atoms with van der Waals surface area (Å²) in [7, 11) is 0. The van der Waals surface area contributed by atoms with Crippen LogP contribution in [0.5, 0.6) is 0 Å². The van der Waals surface area contributed by atoms with E-state index in [-0.39, 0.29) is 17.3 Å². The minimum Gasteiger partial charge on any atom is -0.368 e. The van der Waals surface area contributed by atoms with E-state index >= 15 is 0 Å². The van der Waals surface area contributed by atoms with E-state index in [9.17, 15) is 0 Å². The number of nitrogen functional groups attached to an aromatic ring is 1. The summed E-state index contributed by atoms with van der Waals surface area (Å²) in [4.78, 5) is 17.0. The Morgan fingerprint density at radius 3 is 2.07 bits per heavy atom. The maximum absolute atomic E-state index is 6.06. The van der Waals surface area contributed by atoms with Crippen molar-refractivity contribution < 1.29 is 4.52 Å². The fraction of sp³-hybridized carbons (Fsp3) is 0.476. The summed E-state index contributed by atoms with van der Waals surface area (Å²) in [6, 6.07) is 3.95. The smallest absolute Gasteiger partial charge is 0.262 e. The largest absolute Gasteiger partial charge is 0.368 e. The van der Waals surface area contributed by atoms with Gasteiger partial charge in [-0.3, -0.25) is 4.98 Å². The van der Waals surface area contributed by atoms with Crippen molar-refractivity contribution in [3.05, 3.63) is 48.0 Å². The molecule has 0 saturated heterocycles. The fourth-order valence-electron chi connectivity index (χ4n) is 3.09. The third-order valence-electron chi connectivity index (χ3n) is 4.72. The van der Waals surface area contributed by atoms with Gasteiger partial charge in [0.1, 0.15) is 0 Å². The van der Waals surface area contributed by atoms with Gasteiger partial charge in [0, 0.05) is 24.2 Å². The molecule has 0 amide bonds. The molecule has 0 radical (unpaired) electrons. The van der Waals surface area contributed by atoms with Crippen LogP contribution in [-0.2, 0) is 9.75 Å². The van der Waals surface area contributed by atoms with Gasteiger partial charge in [-0.25, -0.2) is 9.97 Å². The summed E-state index contributed by atoms with van der Waals surface area (Å²) in [5.41, 5.74) is 7.81. The summed E-state index contributed by atoms with van der Waals surface area (Å²) < 4.78 is 4.05. The Bertz CT molecular complexity index is 916. The highest BCUT2D eigenvalue weighted by Gasteiger charge is 2.45. The maximum atomic E-state index is 6.06. The monoisotopic (exact) mass is 450 g/mol. The highest BCUT2D eigenvalue weighted by atomic mass is 35.5. The average molecular weight is 451 g/mol. The lowest BCUT2D eigenvalue weighted by Crippen LogP contribution is -2.36. The first-order valence-electron chi connectivity index (χ1n) is 10.2. The van der Waals surface area contributed by atoms with Gasteiger partial charge in [0.05, 0.1) is 11.1 Å². The van der Waals surface area contributed by atoms with Crippen LogP contribution in [0.4, 0.5) is 5.95 Å². The molecule has 3 aromatic heterocycles. The standard InChI is InChI=1S/C17H16Cl2N6O.2C2H6/c1-16(18,19)14-24-13(25-26-14)17(5-2-6-17)11-3-4-12(21-9-11)10-7-22-15(20)23-8-10;2*1-2/h3-4,7-9H,2,5-6H2,1H3,(H2,20,22,23);2*1-2H3. The third-order valence-corrected chi connectivity index (χ3v) is 5.04. The quantitative estimate of drug-likeness (QED) is 0.509. The number of hydrogen-bond donors (Lipinski definition) is 1. The zero-order chi connectivity index (χ0) is 22.4. The second kappa shape index (κ2) is 10.2. The Morgan fingerprint density at radius 1 is 1.00 bits per heavy atom. The van der Waals surface area contributed by atoms with Crippen molar-refractivity contribution in [3.8, 4) is 11.3 Å². The van der Waals surface area contributed by atoms with Crippen molar-refractivity contribution >= 4 is 29.2 Å². The second-order valence-corrected chi connectivity index (χ2v) is 8.21. The molecule has 2 N–H and O–H groups in total. The summed E-state index contributed by atoms with van der Waals surface area (Å²) in [6.07, 6.45) is 8.05. The lowest BCUT2D eigenvalue weighted by molar-refractivity contribution is 0.270. The summed E-state index contributed by atoms with van der Waals surface area (Å²) >= 11 is 12.1. The minimum absolute atomic E-state index is 0.200. The molecular weight excluding hydrogens is 423 g/mol. The molecule has 162 valence electrons. The molecule has 7 nitrogen and oxygen atoms in total. The van der Waals surface area contributed by atoms with Gasteiger partial charge in [-0.2, -0.15) is 4.98 Å². The van der Waals surface area contributed by atoms with Crippen LogP contribution in [0.25, 0.3) is 11.3 Å². The predicted octanol–water partition coefficient (Wildman–Crippen LogP) is 5.68. The normalized spacial score (nSPS) is 14.5. The molecule has 1 fully saturated rings. The van der Waals surface area contributed by atoms with Crippen LogP contribution in [0, 0.1) is 0 Å². The summed E-state index contributed by atoms with van der Waals surface area (Å²) in [6.45, 7) is 9.60. The molecule has 4 rings (SSSR count). The van der Waals surface area contributed by atoms with Crippen LogP contribution in [0.2, 0.25) is 0 Å². The van der Waals surface area contributed by atoms with Crippen LogP contribution >= 0.6 is 23.2 Å². The molecule has 3 heterocycles. The second-order valence-electron chi connectivity index (χ2n) is 6.51. The lowest BCUT2D eigenvalue weighted by Gasteiger charge is -2.39. The number of nitrogens with two attached hydrogens (primary N) is 1. The molecule has 1 aliphatic carbocycles. The fourth-order valence-corrected chi connectivity index (χ4v) is 3.24. The molecule has 0 spiro atoms. The highest BCUT2D eigenvalue weighted by molar-refractivity contribution is 6.47. The Hall–Kier alpha value is -2.25. The van der Waals surface area contributed by atoms with Gasteiger partial charge >= 0.3 is 0 Å². The Kier molecular flexibility index (Phi) is 8.15. The molecule has 9 heteroatoms. The van der Waals surface area contributed by atoms with Crippen LogP contribution < -0.4 is 5.73 Å². The van der Waals surface area contributed by atoms with E-state index in [0.717, 1.165) is 36.1 Å². The third kappa shape index (κ3) is 4.90. The molecule has 1 aliphatic rings. The van der Waals surface area contributed by atoms with E-state index in [1.54, 1.807) is 19.3 Å². The van der Waals surface area contributed by atoms with Gasteiger partial charge in [0.15, 0.2) is 10.2 Å². The Morgan fingerprint density at radius 2 is 1.63 bits per heavy atom. The van der Waals surface area contributed by atoms with Gasteiger partial charge in [-0.15, -0.1) is 0 Å². The van der Waals surface area contributed by atoms with E-state index in [4.69, 9.17) is 33.5 Å². The van der Waals surface area contributed by atoms with Crippen molar-refractivity contribution in [2.24, 2.45) is 0 Å². The van der Waals surface area contributed by atoms with Crippen LogP contribution in [0.1, 0.15) is 71.2 Å². The number of anilines is 1. The topological polar surface area (TPSA) is 104 Å². The van der Waals surface area contributed by atoms with Gasteiger partial charge in [-0.1, -0.05) is 68.5 Å². The molecule has 0 atom stereocenters. The first-order valence-corrected chi connectivity index (χ1v) is 10.9. The first-order chi connectivity index (χ1) is 14.4. The van der Waals surface area contributed by atoms with E-state index in [0.29, 0.717) is 5.82 Å². The number of pyridine rings is 1. The van der Waals surface area contributed by atoms with Crippen molar-refractivity contribution in [1.29, 1.82) is 0 Å². The van der Waals surface area contributed by atoms with E-state index in [2.05, 4.69) is 25.1 Å². The number of alkyl halides is 2. The lowest BCUT2D eigenvalue weighted by atomic mass is 9.64. The predicted molar refractivity (Wildman–Crippen MR) is 120 cm³/mol. The highest BCUT2D eigenvalue weighted by Crippen LogP contribution is 2.48. The minimum atomic E-state index is -1.21. The van der Waals surface area contributed by atoms with Crippen LogP contribution in [0.3, 0.4) is 0 Å². The summed E-state index contributed by atoms with van der Waals surface area (Å²) in [5, 5.41) is 4.13. The van der Waals surface area contributed by atoms with E-state index < -0.39 is 4.33 Å². The maximum Gasteiger partial charge on any atom is 0.262 e. The molecule has 0 aromatic carbocycles. The number of hydrogen-bond acceptors (Lipinski definition) is 7. The van der Waals surface area contributed by atoms with Crippen molar-refractivity contribution in [1.82, 2.24) is 25.1 Å². The van der Waals surface area contributed by atoms with Gasteiger partial charge in [0.2, 0.25) is 5.95 Å². The van der Waals surface area contributed by atoms with Crippen molar-refractivity contribution in [2.75, 3.05) is 5.73 Å². The average Bonchev–Trinajstić information content (AvgIpc) is 3.22. The number of halogens is 2. The molecule has 0 bridgehead atoms. The number of aromatic nitrogens is 5. The van der Waals surface area contributed by atoms with Gasteiger partial charge < -0.3 is 10.3 Å². The molecule has 0 aliphatic heterocycles. The number of rotatable bonds is 4. The van der Waals surface area contributed by atoms with Crippen LogP contribution in [-0.4, -0.2) is 25.1 Å². The van der Waals surface area contributed by atoms with Crippen molar-refractivity contribution in [3.63, 3.8) is 0 Å². The van der Waals surface area contributed by atoms with Crippen LogP contribution in [0.15, 0.2) is 35.2 Å². The summed E-state index contributed by atoms with van der Waals surface area (Å²) in [5.74, 6) is 1.03. The van der Waals surface area contributed by atoms with Gasteiger partial charge in [0.25, 0.3) is 5.89 Å². The number of nitrogens with zero attached hydrogens (tertiary/aromatic N) is 5.